The van der Waals surface area contributed by atoms with Gasteiger partial charge in [0.1, 0.15) is 5.38 Å². The topological polar surface area (TPSA) is 20.3 Å². The zero-order valence-electron chi connectivity index (χ0n) is 11.0. The van der Waals surface area contributed by atoms with Gasteiger partial charge >= 0.3 is 0 Å². The van der Waals surface area contributed by atoms with Crippen LogP contribution in [0.15, 0.2) is 30.3 Å². The van der Waals surface area contributed by atoms with Crippen LogP contribution in [0.4, 0.5) is 0 Å². The van der Waals surface area contributed by atoms with E-state index >= 15 is 0 Å². The van der Waals surface area contributed by atoms with E-state index in [9.17, 15) is 4.79 Å². The van der Waals surface area contributed by atoms with Crippen LogP contribution in [-0.4, -0.2) is 23.4 Å². The molecule has 0 aliphatic heterocycles. The van der Waals surface area contributed by atoms with Crippen molar-refractivity contribution >= 4 is 17.5 Å². The van der Waals surface area contributed by atoms with Gasteiger partial charge in [-0.2, -0.15) is 0 Å². The number of carbonyl (C=O) groups excluding carboxylic acids is 1. The standard InChI is InChI=1S/C15H20ClNO/c1-11(2)17(10-12-8-9-12)15(18)14(16)13-6-4-3-5-7-13/h3-7,11-12,14H,8-10H2,1-2H3. The summed E-state index contributed by atoms with van der Waals surface area (Å²) >= 11 is 6.31. The molecule has 0 aromatic heterocycles. The summed E-state index contributed by atoms with van der Waals surface area (Å²) in [4.78, 5) is 14.4. The first-order valence-corrected chi connectivity index (χ1v) is 7.02. The fraction of sp³-hybridized carbons (Fsp3) is 0.533. The van der Waals surface area contributed by atoms with Gasteiger partial charge in [-0.3, -0.25) is 4.79 Å². The summed E-state index contributed by atoms with van der Waals surface area (Å²) in [7, 11) is 0. The third-order valence-corrected chi connectivity index (χ3v) is 3.81. The molecule has 0 radical (unpaired) electrons. The second-order valence-corrected chi connectivity index (χ2v) is 5.74. The molecule has 1 amide bonds. The lowest BCUT2D eigenvalue weighted by Crippen LogP contribution is -2.40. The molecule has 1 aromatic rings. The van der Waals surface area contributed by atoms with E-state index in [0.717, 1.165) is 12.1 Å². The number of nitrogens with zero attached hydrogens (tertiary/aromatic N) is 1. The average Bonchev–Trinajstić information content (AvgIpc) is 3.19. The number of amides is 1. The first kappa shape index (κ1) is 13.4. The van der Waals surface area contributed by atoms with Crippen LogP contribution in [0.2, 0.25) is 0 Å². The van der Waals surface area contributed by atoms with Crippen LogP contribution in [0.25, 0.3) is 0 Å². The molecule has 1 fully saturated rings. The van der Waals surface area contributed by atoms with Gasteiger partial charge in [0.15, 0.2) is 0 Å². The van der Waals surface area contributed by atoms with Gasteiger partial charge in [-0.1, -0.05) is 30.3 Å². The Balaban J connectivity index is 2.07. The molecule has 1 atom stereocenters. The largest absolute Gasteiger partial charge is 0.338 e. The monoisotopic (exact) mass is 265 g/mol. The van der Waals surface area contributed by atoms with E-state index in [1.165, 1.54) is 12.8 Å². The highest BCUT2D eigenvalue weighted by atomic mass is 35.5. The lowest BCUT2D eigenvalue weighted by atomic mass is 10.1. The van der Waals surface area contributed by atoms with Crippen molar-refractivity contribution in [2.45, 2.75) is 38.1 Å². The molecule has 1 aromatic carbocycles. The summed E-state index contributed by atoms with van der Waals surface area (Å²) < 4.78 is 0. The van der Waals surface area contributed by atoms with Crippen molar-refractivity contribution in [3.05, 3.63) is 35.9 Å². The molecule has 0 saturated heterocycles. The molecule has 98 valence electrons. The van der Waals surface area contributed by atoms with Crippen LogP contribution < -0.4 is 0 Å². The van der Waals surface area contributed by atoms with Crippen molar-refractivity contribution in [3.63, 3.8) is 0 Å². The van der Waals surface area contributed by atoms with Gasteiger partial charge in [0.25, 0.3) is 0 Å². The normalized spacial score (nSPS) is 16.7. The smallest absolute Gasteiger partial charge is 0.245 e. The number of benzene rings is 1. The van der Waals surface area contributed by atoms with Gasteiger partial charge in [0.05, 0.1) is 0 Å². The van der Waals surface area contributed by atoms with Crippen molar-refractivity contribution in [2.24, 2.45) is 5.92 Å². The molecule has 0 spiro atoms. The molecule has 18 heavy (non-hydrogen) atoms. The SMILES string of the molecule is CC(C)N(CC1CC1)C(=O)C(Cl)c1ccccc1. The molecule has 2 rings (SSSR count). The Morgan fingerprint density at radius 3 is 2.44 bits per heavy atom. The number of alkyl halides is 1. The zero-order valence-corrected chi connectivity index (χ0v) is 11.7. The molecule has 0 heterocycles. The van der Waals surface area contributed by atoms with Crippen LogP contribution >= 0.6 is 11.6 Å². The van der Waals surface area contributed by atoms with E-state index in [-0.39, 0.29) is 11.9 Å². The van der Waals surface area contributed by atoms with Crippen LogP contribution in [0, 0.1) is 5.92 Å². The Bertz CT molecular complexity index is 400. The van der Waals surface area contributed by atoms with E-state index < -0.39 is 5.38 Å². The molecule has 3 heteroatoms. The van der Waals surface area contributed by atoms with E-state index in [2.05, 4.69) is 13.8 Å². The summed E-state index contributed by atoms with van der Waals surface area (Å²) in [6.45, 7) is 4.95. The lowest BCUT2D eigenvalue weighted by molar-refractivity contribution is -0.132. The van der Waals surface area contributed by atoms with Crippen molar-refractivity contribution in [3.8, 4) is 0 Å². The third kappa shape index (κ3) is 3.26. The second kappa shape index (κ2) is 5.75. The first-order valence-electron chi connectivity index (χ1n) is 6.59. The van der Waals surface area contributed by atoms with E-state index in [4.69, 9.17) is 11.6 Å². The van der Waals surface area contributed by atoms with Crippen molar-refractivity contribution in [1.82, 2.24) is 4.90 Å². The Hall–Kier alpha value is -1.02. The van der Waals surface area contributed by atoms with E-state index in [0.29, 0.717) is 5.92 Å². The molecule has 1 unspecified atom stereocenters. The van der Waals surface area contributed by atoms with Gasteiger partial charge in [-0.15, -0.1) is 11.6 Å². The molecule has 0 N–H and O–H groups in total. The zero-order chi connectivity index (χ0) is 13.1. The number of halogens is 1. The Morgan fingerprint density at radius 2 is 1.94 bits per heavy atom. The number of hydrogen-bond donors (Lipinski definition) is 0. The second-order valence-electron chi connectivity index (χ2n) is 5.30. The molecule has 1 aliphatic rings. The Labute approximate surface area is 114 Å². The molecular formula is C15H20ClNO. The van der Waals surface area contributed by atoms with Gasteiger partial charge in [-0.25, -0.2) is 0 Å². The minimum absolute atomic E-state index is 0.0322. The van der Waals surface area contributed by atoms with Crippen LogP contribution in [0.5, 0.6) is 0 Å². The Morgan fingerprint density at radius 1 is 1.33 bits per heavy atom. The summed E-state index contributed by atoms with van der Waals surface area (Å²) in [6.07, 6.45) is 2.49. The maximum Gasteiger partial charge on any atom is 0.245 e. The molecule has 1 saturated carbocycles. The Kier molecular flexibility index (Phi) is 4.28. The fourth-order valence-corrected chi connectivity index (χ4v) is 2.31. The van der Waals surface area contributed by atoms with Gasteiger partial charge in [0, 0.05) is 12.6 Å². The van der Waals surface area contributed by atoms with Gasteiger partial charge < -0.3 is 4.90 Å². The summed E-state index contributed by atoms with van der Waals surface area (Å²) in [6, 6.07) is 9.79. The molecular weight excluding hydrogens is 246 g/mol. The lowest BCUT2D eigenvalue weighted by Gasteiger charge is -2.29. The molecule has 2 nitrogen and oxygen atoms in total. The highest BCUT2D eigenvalue weighted by Gasteiger charge is 2.31. The van der Waals surface area contributed by atoms with Crippen molar-refractivity contribution in [1.29, 1.82) is 0 Å². The summed E-state index contributed by atoms with van der Waals surface area (Å²) in [5.74, 6) is 0.723. The minimum atomic E-state index is -0.563. The van der Waals surface area contributed by atoms with Gasteiger partial charge in [0.2, 0.25) is 5.91 Å². The number of carbonyl (C=O) groups is 1. The van der Waals surface area contributed by atoms with Crippen LogP contribution in [-0.2, 0) is 4.79 Å². The maximum absolute atomic E-state index is 12.4. The highest BCUT2D eigenvalue weighted by Crippen LogP contribution is 2.32. The predicted octanol–water partition coefficient (Wildman–Crippen LogP) is 3.61. The van der Waals surface area contributed by atoms with Gasteiger partial charge in [-0.05, 0) is 38.2 Å². The summed E-state index contributed by atoms with van der Waals surface area (Å²) in [5.41, 5.74) is 0.880. The first-order chi connectivity index (χ1) is 8.59. The van der Waals surface area contributed by atoms with Crippen LogP contribution in [0.3, 0.4) is 0 Å². The predicted molar refractivity (Wildman–Crippen MR) is 74.6 cm³/mol. The fourth-order valence-electron chi connectivity index (χ4n) is 2.04. The van der Waals surface area contributed by atoms with Crippen LogP contribution in [0.1, 0.15) is 37.6 Å². The number of hydrogen-bond acceptors (Lipinski definition) is 1. The molecule has 1 aliphatic carbocycles. The van der Waals surface area contributed by atoms with Crippen molar-refractivity contribution < 1.29 is 4.79 Å². The molecule has 0 bridgehead atoms. The average molecular weight is 266 g/mol. The summed E-state index contributed by atoms with van der Waals surface area (Å²) in [5, 5.41) is -0.563. The quantitative estimate of drug-likeness (QED) is 0.745. The number of rotatable bonds is 5. The van der Waals surface area contributed by atoms with E-state index in [1.807, 2.05) is 35.2 Å². The maximum atomic E-state index is 12.4. The van der Waals surface area contributed by atoms with E-state index in [1.54, 1.807) is 0 Å². The highest BCUT2D eigenvalue weighted by molar-refractivity contribution is 6.30. The minimum Gasteiger partial charge on any atom is -0.338 e. The third-order valence-electron chi connectivity index (χ3n) is 3.37. The van der Waals surface area contributed by atoms with Crippen molar-refractivity contribution in [2.75, 3.05) is 6.54 Å².